The Morgan fingerprint density at radius 3 is 2.91 bits per heavy atom. The van der Waals surface area contributed by atoms with Gasteiger partial charge in [0, 0.05) is 6.04 Å². The van der Waals surface area contributed by atoms with Gasteiger partial charge >= 0.3 is 0 Å². The molecule has 1 aromatic heterocycles. The summed E-state index contributed by atoms with van der Waals surface area (Å²) < 4.78 is 7.35. The maximum Gasteiger partial charge on any atom is 0.234 e. The van der Waals surface area contributed by atoms with E-state index in [1.807, 2.05) is 31.2 Å². The van der Waals surface area contributed by atoms with Crippen LogP contribution in [0.1, 0.15) is 24.7 Å². The number of anilines is 1. The molecule has 6 nitrogen and oxygen atoms in total. The van der Waals surface area contributed by atoms with Gasteiger partial charge in [-0.2, -0.15) is 0 Å². The summed E-state index contributed by atoms with van der Waals surface area (Å²) in [6, 6.07) is 7.87. The van der Waals surface area contributed by atoms with Crippen molar-refractivity contribution in [1.29, 1.82) is 0 Å². The van der Waals surface area contributed by atoms with Crippen molar-refractivity contribution in [3.8, 4) is 5.75 Å². The fourth-order valence-electron chi connectivity index (χ4n) is 2.27. The molecule has 3 rings (SSSR count). The lowest BCUT2D eigenvalue weighted by molar-refractivity contribution is -0.113. The van der Waals surface area contributed by atoms with Crippen molar-refractivity contribution in [2.24, 2.45) is 0 Å². The minimum Gasteiger partial charge on any atom is -0.495 e. The standard InChI is InChI=1S/C15H18N4O2S/c1-10-17-18-15(19(10)11-7-8-11)22-9-14(20)16-12-5-3-4-6-13(12)21-2/h3-6,11H,7-9H2,1-2H3,(H,16,20). The number of benzene rings is 1. The summed E-state index contributed by atoms with van der Waals surface area (Å²) >= 11 is 1.41. The number of ether oxygens (including phenoxy) is 1. The highest BCUT2D eigenvalue weighted by Gasteiger charge is 2.28. The maximum atomic E-state index is 12.1. The molecule has 0 spiro atoms. The van der Waals surface area contributed by atoms with Crippen molar-refractivity contribution in [2.75, 3.05) is 18.2 Å². The van der Waals surface area contributed by atoms with E-state index >= 15 is 0 Å². The van der Waals surface area contributed by atoms with Crippen LogP contribution in [0, 0.1) is 6.92 Å². The van der Waals surface area contributed by atoms with Crippen molar-refractivity contribution < 1.29 is 9.53 Å². The predicted molar refractivity (Wildman–Crippen MR) is 85.4 cm³/mol. The Labute approximate surface area is 133 Å². The number of carbonyl (C=O) groups is 1. The normalized spacial score (nSPS) is 13.9. The Kier molecular flexibility index (Phi) is 4.33. The van der Waals surface area contributed by atoms with Crippen molar-refractivity contribution in [3.63, 3.8) is 0 Å². The van der Waals surface area contributed by atoms with Crippen LogP contribution in [-0.4, -0.2) is 33.5 Å². The molecule has 1 saturated carbocycles. The molecule has 2 aromatic rings. The Morgan fingerprint density at radius 2 is 2.18 bits per heavy atom. The molecule has 1 N–H and O–H groups in total. The monoisotopic (exact) mass is 318 g/mol. The Hall–Kier alpha value is -2.02. The second-order valence-corrected chi connectivity index (χ2v) is 6.11. The first-order valence-corrected chi connectivity index (χ1v) is 8.14. The number of thioether (sulfide) groups is 1. The topological polar surface area (TPSA) is 69.0 Å². The zero-order chi connectivity index (χ0) is 15.5. The number of aromatic nitrogens is 3. The quantitative estimate of drug-likeness (QED) is 0.829. The Balaban J connectivity index is 1.61. The maximum absolute atomic E-state index is 12.1. The number of para-hydroxylation sites is 2. The highest BCUT2D eigenvalue weighted by molar-refractivity contribution is 7.99. The smallest absolute Gasteiger partial charge is 0.234 e. The zero-order valence-corrected chi connectivity index (χ0v) is 13.4. The van der Waals surface area contributed by atoms with Gasteiger partial charge in [-0.15, -0.1) is 10.2 Å². The third-order valence-corrected chi connectivity index (χ3v) is 4.40. The van der Waals surface area contributed by atoms with Crippen molar-refractivity contribution in [2.45, 2.75) is 31.0 Å². The summed E-state index contributed by atoms with van der Waals surface area (Å²) in [4.78, 5) is 12.1. The number of nitrogens with zero attached hydrogens (tertiary/aromatic N) is 3. The number of hydrogen-bond acceptors (Lipinski definition) is 5. The first kappa shape index (κ1) is 14.9. The predicted octanol–water partition coefficient (Wildman–Crippen LogP) is 2.66. The molecular weight excluding hydrogens is 300 g/mol. The molecule has 1 aromatic carbocycles. The third kappa shape index (κ3) is 3.24. The molecule has 1 amide bonds. The minimum atomic E-state index is -0.0856. The molecule has 22 heavy (non-hydrogen) atoms. The van der Waals surface area contributed by atoms with Gasteiger partial charge in [0.2, 0.25) is 5.91 Å². The highest BCUT2D eigenvalue weighted by Crippen LogP contribution is 2.38. The highest BCUT2D eigenvalue weighted by atomic mass is 32.2. The molecule has 0 saturated heterocycles. The lowest BCUT2D eigenvalue weighted by Gasteiger charge is -2.10. The van der Waals surface area contributed by atoms with Crippen LogP contribution >= 0.6 is 11.8 Å². The molecule has 0 unspecified atom stereocenters. The second-order valence-electron chi connectivity index (χ2n) is 5.17. The van der Waals surface area contributed by atoms with Gasteiger partial charge in [-0.25, -0.2) is 0 Å². The fourth-order valence-corrected chi connectivity index (χ4v) is 3.12. The van der Waals surface area contributed by atoms with E-state index in [1.165, 1.54) is 24.6 Å². The Morgan fingerprint density at radius 1 is 1.41 bits per heavy atom. The number of rotatable bonds is 6. The van der Waals surface area contributed by atoms with Crippen LogP contribution in [-0.2, 0) is 4.79 Å². The molecular formula is C15H18N4O2S. The van der Waals surface area contributed by atoms with E-state index in [0.717, 1.165) is 11.0 Å². The molecule has 1 aliphatic carbocycles. The van der Waals surface area contributed by atoms with Gasteiger partial charge in [0.25, 0.3) is 0 Å². The fraction of sp³-hybridized carbons (Fsp3) is 0.400. The van der Waals surface area contributed by atoms with Crippen LogP contribution in [0.25, 0.3) is 0 Å². The van der Waals surface area contributed by atoms with Crippen LogP contribution in [0.2, 0.25) is 0 Å². The first-order chi connectivity index (χ1) is 10.7. The summed E-state index contributed by atoms with van der Waals surface area (Å²) in [5.74, 6) is 1.77. The zero-order valence-electron chi connectivity index (χ0n) is 12.6. The van der Waals surface area contributed by atoms with Crippen molar-refractivity contribution in [3.05, 3.63) is 30.1 Å². The lowest BCUT2D eigenvalue weighted by atomic mass is 10.3. The number of nitrogens with one attached hydrogen (secondary N) is 1. The van der Waals surface area contributed by atoms with Crippen LogP contribution < -0.4 is 10.1 Å². The molecule has 7 heteroatoms. The van der Waals surface area contributed by atoms with E-state index < -0.39 is 0 Å². The summed E-state index contributed by atoms with van der Waals surface area (Å²) in [7, 11) is 1.58. The number of amides is 1. The van der Waals surface area contributed by atoms with E-state index in [1.54, 1.807) is 7.11 Å². The van der Waals surface area contributed by atoms with Crippen LogP contribution in [0.5, 0.6) is 5.75 Å². The van der Waals surface area contributed by atoms with Gasteiger partial charge in [-0.3, -0.25) is 4.79 Å². The molecule has 1 aliphatic rings. The van der Waals surface area contributed by atoms with E-state index in [9.17, 15) is 4.79 Å². The molecule has 0 radical (unpaired) electrons. The van der Waals surface area contributed by atoms with Crippen molar-refractivity contribution in [1.82, 2.24) is 14.8 Å². The van der Waals surface area contributed by atoms with Gasteiger partial charge < -0.3 is 14.6 Å². The molecule has 1 heterocycles. The summed E-state index contributed by atoms with van der Waals surface area (Å²) in [5.41, 5.74) is 0.676. The van der Waals surface area contributed by atoms with E-state index in [-0.39, 0.29) is 5.91 Å². The largest absolute Gasteiger partial charge is 0.495 e. The molecule has 0 atom stereocenters. The van der Waals surface area contributed by atoms with Gasteiger partial charge in [0.05, 0.1) is 18.6 Å². The van der Waals surface area contributed by atoms with E-state index in [2.05, 4.69) is 20.1 Å². The van der Waals surface area contributed by atoms with Gasteiger partial charge in [-0.05, 0) is 31.9 Å². The van der Waals surface area contributed by atoms with E-state index in [4.69, 9.17) is 4.74 Å². The summed E-state index contributed by atoms with van der Waals surface area (Å²) in [6.07, 6.45) is 2.33. The summed E-state index contributed by atoms with van der Waals surface area (Å²) in [5, 5.41) is 11.9. The van der Waals surface area contributed by atoms with Crippen molar-refractivity contribution >= 4 is 23.4 Å². The second kappa shape index (κ2) is 6.39. The lowest BCUT2D eigenvalue weighted by Crippen LogP contribution is -2.15. The minimum absolute atomic E-state index is 0.0856. The SMILES string of the molecule is COc1ccccc1NC(=O)CSc1nnc(C)n1C1CC1. The van der Waals surface area contributed by atoms with Crippen LogP contribution in [0.15, 0.2) is 29.4 Å². The average molecular weight is 318 g/mol. The number of methoxy groups -OCH3 is 1. The van der Waals surface area contributed by atoms with Gasteiger partial charge in [0.15, 0.2) is 5.16 Å². The molecule has 1 fully saturated rings. The number of hydrogen-bond donors (Lipinski definition) is 1. The Bertz CT molecular complexity index is 682. The van der Waals surface area contributed by atoms with E-state index in [0.29, 0.717) is 23.2 Å². The number of carbonyl (C=O) groups excluding carboxylic acids is 1. The van der Waals surface area contributed by atoms with Crippen LogP contribution in [0.4, 0.5) is 5.69 Å². The van der Waals surface area contributed by atoms with Crippen LogP contribution in [0.3, 0.4) is 0 Å². The number of aryl methyl sites for hydroxylation is 1. The first-order valence-electron chi connectivity index (χ1n) is 7.16. The average Bonchev–Trinajstić information content (AvgIpc) is 3.29. The van der Waals surface area contributed by atoms with Gasteiger partial charge in [-0.1, -0.05) is 23.9 Å². The summed E-state index contributed by atoms with van der Waals surface area (Å²) in [6.45, 7) is 1.95. The molecule has 116 valence electrons. The third-order valence-electron chi connectivity index (χ3n) is 3.46. The molecule has 0 bridgehead atoms. The molecule has 0 aliphatic heterocycles. The van der Waals surface area contributed by atoms with Gasteiger partial charge in [0.1, 0.15) is 11.6 Å².